The Labute approximate surface area is 193 Å². The summed E-state index contributed by atoms with van der Waals surface area (Å²) < 4.78 is 33.1. The van der Waals surface area contributed by atoms with Crippen LogP contribution in [0.2, 0.25) is 5.02 Å². The first-order valence-electron chi connectivity index (χ1n) is 10.1. The minimum atomic E-state index is -3.63. The fourth-order valence-electron chi connectivity index (χ4n) is 3.03. The monoisotopic (exact) mass is 472 g/mol. The van der Waals surface area contributed by atoms with Gasteiger partial charge in [0.25, 0.3) is 5.91 Å². The number of amides is 1. The number of anilines is 1. The van der Waals surface area contributed by atoms with Gasteiger partial charge >= 0.3 is 0 Å². The van der Waals surface area contributed by atoms with Crippen LogP contribution >= 0.6 is 11.6 Å². The standard InChI is InChI=1S/C24H25ClN2O4S/c1-17-18(2)23(13-12-22(17)25)31-16-24(28)27-20-8-10-21(11-9-20)32(29,30)26-15-14-19-6-4-3-5-7-19/h3-13,26H,14-16H2,1-2H3,(H,27,28). The van der Waals surface area contributed by atoms with Crippen molar-refractivity contribution in [3.63, 3.8) is 0 Å². The average Bonchev–Trinajstić information content (AvgIpc) is 2.78. The number of hydrogen-bond acceptors (Lipinski definition) is 4. The summed E-state index contributed by atoms with van der Waals surface area (Å²) >= 11 is 6.07. The van der Waals surface area contributed by atoms with Gasteiger partial charge in [0, 0.05) is 17.3 Å². The van der Waals surface area contributed by atoms with Crippen molar-refractivity contribution in [1.29, 1.82) is 0 Å². The molecule has 0 saturated heterocycles. The van der Waals surface area contributed by atoms with Crippen molar-refractivity contribution < 1.29 is 17.9 Å². The van der Waals surface area contributed by atoms with Crippen LogP contribution in [-0.2, 0) is 21.2 Å². The van der Waals surface area contributed by atoms with Gasteiger partial charge in [-0.05, 0) is 73.4 Å². The van der Waals surface area contributed by atoms with Gasteiger partial charge in [0.15, 0.2) is 6.61 Å². The van der Waals surface area contributed by atoms with Gasteiger partial charge in [-0.3, -0.25) is 4.79 Å². The largest absolute Gasteiger partial charge is 0.483 e. The van der Waals surface area contributed by atoms with E-state index >= 15 is 0 Å². The van der Waals surface area contributed by atoms with E-state index in [9.17, 15) is 13.2 Å². The van der Waals surface area contributed by atoms with Crippen molar-refractivity contribution in [1.82, 2.24) is 4.72 Å². The summed E-state index contributed by atoms with van der Waals surface area (Å²) in [6, 6.07) is 19.1. The summed E-state index contributed by atoms with van der Waals surface area (Å²) in [5.41, 5.74) is 3.31. The molecular formula is C24H25ClN2O4S. The number of carbonyl (C=O) groups excluding carboxylic acids is 1. The molecule has 0 bridgehead atoms. The van der Waals surface area contributed by atoms with Crippen molar-refractivity contribution in [2.45, 2.75) is 25.2 Å². The molecule has 0 radical (unpaired) electrons. The summed E-state index contributed by atoms with van der Waals surface area (Å²) in [4.78, 5) is 12.3. The molecule has 0 heterocycles. The van der Waals surface area contributed by atoms with Crippen LogP contribution in [0, 0.1) is 13.8 Å². The minimum Gasteiger partial charge on any atom is -0.483 e. The van der Waals surface area contributed by atoms with E-state index in [-0.39, 0.29) is 17.4 Å². The Morgan fingerprint density at radius 1 is 0.938 bits per heavy atom. The van der Waals surface area contributed by atoms with Gasteiger partial charge in [-0.1, -0.05) is 41.9 Å². The smallest absolute Gasteiger partial charge is 0.262 e. The van der Waals surface area contributed by atoms with E-state index in [1.54, 1.807) is 24.3 Å². The number of ether oxygens (including phenoxy) is 1. The Morgan fingerprint density at radius 2 is 1.62 bits per heavy atom. The third-order valence-electron chi connectivity index (χ3n) is 5.03. The van der Waals surface area contributed by atoms with E-state index in [2.05, 4.69) is 10.0 Å². The molecule has 0 fully saturated rings. The van der Waals surface area contributed by atoms with Crippen LogP contribution in [0.3, 0.4) is 0 Å². The molecule has 0 spiro atoms. The molecule has 0 unspecified atom stereocenters. The molecule has 32 heavy (non-hydrogen) atoms. The predicted octanol–water partition coefficient (Wildman–Crippen LogP) is 4.50. The molecule has 0 aliphatic heterocycles. The molecule has 0 saturated carbocycles. The first-order chi connectivity index (χ1) is 15.3. The third kappa shape index (κ3) is 6.32. The highest BCUT2D eigenvalue weighted by molar-refractivity contribution is 7.89. The zero-order valence-corrected chi connectivity index (χ0v) is 19.5. The molecule has 2 N–H and O–H groups in total. The summed E-state index contributed by atoms with van der Waals surface area (Å²) in [5.74, 6) is 0.235. The van der Waals surface area contributed by atoms with Crippen LogP contribution in [0.4, 0.5) is 5.69 Å². The number of halogens is 1. The Hall–Kier alpha value is -2.87. The SMILES string of the molecule is Cc1c(Cl)ccc(OCC(=O)Nc2ccc(S(=O)(=O)NCCc3ccccc3)cc2)c1C. The van der Waals surface area contributed by atoms with Gasteiger partial charge in [0.2, 0.25) is 10.0 Å². The topological polar surface area (TPSA) is 84.5 Å². The molecular weight excluding hydrogens is 448 g/mol. The van der Waals surface area contributed by atoms with Gasteiger partial charge in [0.05, 0.1) is 4.90 Å². The first-order valence-corrected chi connectivity index (χ1v) is 11.9. The number of hydrogen-bond donors (Lipinski definition) is 2. The number of sulfonamides is 1. The molecule has 6 nitrogen and oxygen atoms in total. The highest BCUT2D eigenvalue weighted by atomic mass is 35.5. The summed E-state index contributed by atoms with van der Waals surface area (Å²) in [5, 5.41) is 3.34. The van der Waals surface area contributed by atoms with Crippen molar-refractivity contribution in [3.8, 4) is 5.75 Å². The number of rotatable bonds is 9. The Bertz CT molecular complexity index is 1180. The van der Waals surface area contributed by atoms with E-state index < -0.39 is 10.0 Å². The Kier molecular flexibility index (Phi) is 7.90. The molecule has 0 aromatic heterocycles. The molecule has 168 valence electrons. The van der Waals surface area contributed by atoms with Crippen molar-refractivity contribution in [3.05, 3.63) is 88.4 Å². The van der Waals surface area contributed by atoms with Crippen LogP contribution in [0.15, 0.2) is 71.6 Å². The molecule has 3 aromatic carbocycles. The zero-order valence-electron chi connectivity index (χ0n) is 17.9. The quantitative estimate of drug-likeness (QED) is 0.480. The maximum atomic E-state index is 12.5. The molecule has 1 amide bonds. The Balaban J connectivity index is 1.52. The van der Waals surface area contributed by atoms with Crippen molar-refractivity contribution >= 4 is 33.2 Å². The summed E-state index contributed by atoms with van der Waals surface area (Å²) in [6.45, 7) is 3.88. The van der Waals surface area contributed by atoms with Crippen molar-refractivity contribution in [2.24, 2.45) is 0 Å². The Morgan fingerprint density at radius 3 is 2.31 bits per heavy atom. The molecule has 0 aliphatic carbocycles. The molecule has 0 aliphatic rings. The fourth-order valence-corrected chi connectivity index (χ4v) is 4.27. The second-order valence-electron chi connectivity index (χ2n) is 7.29. The average molecular weight is 473 g/mol. The lowest BCUT2D eigenvalue weighted by atomic mass is 10.1. The van der Waals surface area contributed by atoms with Gasteiger partial charge in [-0.25, -0.2) is 13.1 Å². The van der Waals surface area contributed by atoms with E-state index in [1.807, 2.05) is 44.2 Å². The lowest BCUT2D eigenvalue weighted by Gasteiger charge is -2.12. The fraction of sp³-hybridized carbons (Fsp3) is 0.208. The first kappa shape index (κ1) is 23.8. The zero-order chi connectivity index (χ0) is 23.1. The lowest BCUT2D eigenvalue weighted by Crippen LogP contribution is -2.26. The van der Waals surface area contributed by atoms with Crippen LogP contribution in [0.1, 0.15) is 16.7 Å². The highest BCUT2D eigenvalue weighted by Gasteiger charge is 2.14. The highest BCUT2D eigenvalue weighted by Crippen LogP contribution is 2.27. The van der Waals surface area contributed by atoms with Gasteiger partial charge in [-0.2, -0.15) is 0 Å². The second kappa shape index (κ2) is 10.6. The molecule has 3 aromatic rings. The van der Waals surface area contributed by atoms with Crippen molar-refractivity contribution in [2.75, 3.05) is 18.5 Å². The molecule has 3 rings (SSSR count). The van der Waals surface area contributed by atoms with Gasteiger partial charge in [-0.15, -0.1) is 0 Å². The van der Waals surface area contributed by atoms with Crippen LogP contribution in [-0.4, -0.2) is 27.5 Å². The van der Waals surface area contributed by atoms with E-state index in [1.165, 1.54) is 12.1 Å². The molecule has 0 atom stereocenters. The van der Waals surface area contributed by atoms with Gasteiger partial charge in [0.1, 0.15) is 5.75 Å². The predicted molar refractivity (Wildman–Crippen MR) is 127 cm³/mol. The normalized spacial score (nSPS) is 11.2. The van der Waals surface area contributed by atoms with Crippen LogP contribution < -0.4 is 14.8 Å². The van der Waals surface area contributed by atoms with E-state index in [4.69, 9.17) is 16.3 Å². The molecule has 8 heteroatoms. The number of carbonyl (C=O) groups is 1. The number of nitrogens with one attached hydrogen (secondary N) is 2. The van der Waals surface area contributed by atoms with Gasteiger partial charge < -0.3 is 10.1 Å². The van der Waals surface area contributed by atoms with E-state index in [0.717, 1.165) is 16.7 Å². The lowest BCUT2D eigenvalue weighted by molar-refractivity contribution is -0.118. The third-order valence-corrected chi connectivity index (χ3v) is 6.91. The summed E-state index contributed by atoms with van der Waals surface area (Å²) in [6.07, 6.45) is 0.598. The summed E-state index contributed by atoms with van der Waals surface area (Å²) in [7, 11) is -3.63. The second-order valence-corrected chi connectivity index (χ2v) is 9.46. The minimum absolute atomic E-state index is 0.132. The van der Waals surface area contributed by atoms with Crippen LogP contribution in [0.5, 0.6) is 5.75 Å². The maximum Gasteiger partial charge on any atom is 0.262 e. The van der Waals surface area contributed by atoms with Crippen LogP contribution in [0.25, 0.3) is 0 Å². The number of benzene rings is 3. The van der Waals surface area contributed by atoms with E-state index in [0.29, 0.717) is 29.4 Å². The maximum absolute atomic E-state index is 12.5.